The monoisotopic (exact) mass is 303 g/mol. The zero-order valence-corrected chi connectivity index (χ0v) is 12.0. The first-order chi connectivity index (χ1) is 9.96. The Balaban J connectivity index is 1.84. The molecule has 1 N–H and O–H groups in total. The first-order valence-electron chi connectivity index (χ1n) is 7.14. The van der Waals surface area contributed by atoms with Crippen LogP contribution < -0.4 is 10.1 Å². The molecule has 1 aliphatic rings. The lowest BCUT2D eigenvalue weighted by Gasteiger charge is -2.30. The highest BCUT2D eigenvalue weighted by molar-refractivity contribution is 5.47. The van der Waals surface area contributed by atoms with Gasteiger partial charge in [-0.15, -0.1) is 0 Å². The van der Waals surface area contributed by atoms with E-state index in [1.54, 1.807) is 24.3 Å². The van der Waals surface area contributed by atoms with Crippen molar-refractivity contribution in [2.75, 3.05) is 18.5 Å². The molecule has 0 radical (unpaired) electrons. The molecule has 1 saturated heterocycles. The van der Waals surface area contributed by atoms with Crippen molar-refractivity contribution in [2.45, 2.75) is 44.5 Å². The van der Waals surface area contributed by atoms with Gasteiger partial charge in [-0.1, -0.05) is 6.92 Å². The number of nitrogens with one attached hydrogen (secondary N) is 1. The van der Waals surface area contributed by atoms with Crippen LogP contribution in [0.25, 0.3) is 0 Å². The highest BCUT2D eigenvalue weighted by Crippen LogP contribution is 2.23. The van der Waals surface area contributed by atoms with Crippen molar-refractivity contribution >= 4 is 5.69 Å². The van der Waals surface area contributed by atoms with E-state index in [1.807, 2.05) is 0 Å². The van der Waals surface area contributed by atoms with Crippen LogP contribution in [0.2, 0.25) is 0 Å². The van der Waals surface area contributed by atoms with Crippen molar-refractivity contribution in [3.05, 3.63) is 24.3 Å². The molecule has 2 rings (SSSR count). The summed E-state index contributed by atoms with van der Waals surface area (Å²) in [5, 5.41) is 3.39. The van der Waals surface area contributed by atoms with Crippen molar-refractivity contribution < 1.29 is 22.6 Å². The number of anilines is 1. The fourth-order valence-electron chi connectivity index (χ4n) is 2.34. The Hall–Kier alpha value is -1.43. The molecule has 3 nitrogen and oxygen atoms in total. The van der Waals surface area contributed by atoms with Gasteiger partial charge in [0.25, 0.3) is 0 Å². The minimum absolute atomic E-state index is 0.219. The average Bonchev–Trinajstić information content (AvgIpc) is 2.46. The van der Waals surface area contributed by atoms with Gasteiger partial charge in [0.1, 0.15) is 5.75 Å². The van der Waals surface area contributed by atoms with Crippen molar-refractivity contribution in [2.24, 2.45) is 0 Å². The quantitative estimate of drug-likeness (QED) is 0.892. The first kappa shape index (κ1) is 15.9. The average molecular weight is 303 g/mol. The highest BCUT2D eigenvalue weighted by Gasteiger charge is 2.28. The van der Waals surface area contributed by atoms with Gasteiger partial charge in [0, 0.05) is 18.3 Å². The fourth-order valence-corrected chi connectivity index (χ4v) is 2.34. The van der Waals surface area contributed by atoms with E-state index in [1.165, 1.54) is 0 Å². The van der Waals surface area contributed by atoms with Crippen molar-refractivity contribution in [1.82, 2.24) is 0 Å². The van der Waals surface area contributed by atoms with Gasteiger partial charge in [-0.2, -0.15) is 13.2 Å². The summed E-state index contributed by atoms with van der Waals surface area (Å²) < 4.78 is 46.4. The normalized spacial score (nSPS) is 22.9. The molecule has 1 aromatic rings. The number of ether oxygens (including phenoxy) is 2. The maximum atomic E-state index is 12.1. The summed E-state index contributed by atoms with van der Waals surface area (Å²) in [5.41, 5.74) is 0.885. The molecule has 0 bridgehead atoms. The van der Waals surface area contributed by atoms with Crippen LogP contribution in [0.1, 0.15) is 26.2 Å². The Labute approximate surface area is 122 Å². The molecule has 1 fully saturated rings. The van der Waals surface area contributed by atoms with Crippen LogP contribution in [0.15, 0.2) is 24.3 Å². The highest BCUT2D eigenvalue weighted by atomic mass is 19.4. The van der Waals surface area contributed by atoms with E-state index < -0.39 is 12.8 Å². The third-order valence-corrected chi connectivity index (χ3v) is 3.45. The summed E-state index contributed by atoms with van der Waals surface area (Å²) in [7, 11) is 0. The molecule has 2 unspecified atom stereocenters. The third kappa shape index (κ3) is 5.46. The second-order valence-electron chi connectivity index (χ2n) is 5.19. The zero-order chi connectivity index (χ0) is 15.3. The largest absolute Gasteiger partial charge is 0.484 e. The smallest absolute Gasteiger partial charge is 0.422 e. The number of halogens is 3. The predicted octanol–water partition coefficient (Wildman–Crippen LogP) is 4.00. The summed E-state index contributed by atoms with van der Waals surface area (Å²) in [4.78, 5) is 0. The topological polar surface area (TPSA) is 30.5 Å². The van der Waals surface area contributed by atoms with Crippen molar-refractivity contribution in [3.8, 4) is 5.75 Å². The van der Waals surface area contributed by atoms with E-state index >= 15 is 0 Å². The molecule has 0 spiro atoms. The molecule has 6 heteroatoms. The Morgan fingerprint density at radius 2 is 2.00 bits per heavy atom. The molecule has 1 heterocycles. The molecule has 21 heavy (non-hydrogen) atoms. The molecule has 0 aliphatic carbocycles. The Morgan fingerprint density at radius 1 is 1.29 bits per heavy atom. The number of alkyl halides is 3. The van der Waals surface area contributed by atoms with Crippen LogP contribution in [0.3, 0.4) is 0 Å². The zero-order valence-electron chi connectivity index (χ0n) is 12.0. The fraction of sp³-hybridized carbons (Fsp3) is 0.600. The van der Waals surface area contributed by atoms with E-state index in [9.17, 15) is 13.2 Å². The maximum absolute atomic E-state index is 12.1. The molecule has 2 atom stereocenters. The number of benzene rings is 1. The summed E-state index contributed by atoms with van der Waals surface area (Å²) in [6, 6.07) is 6.91. The predicted molar refractivity (Wildman–Crippen MR) is 74.7 cm³/mol. The molecular formula is C15H20F3NO2. The minimum Gasteiger partial charge on any atom is -0.484 e. The van der Waals surface area contributed by atoms with Gasteiger partial charge in [0.15, 0.2) is 6.61 Å². The van der Waals surface area contributed by atoms with Gasteiger partial charge in [0.2, 0.25) is 0 Å². The van der Waals surface area contributed by atoms with E-state index in [4.69, 9.17) is 4.74 Å². The van der Waals surface area contributed by atoms with Gasteiger partial charge >= 0.3 is 6.18 Å². The SMILES string of the molecule is CCC1CC(Nc2ccc(OCC(F)(F)F)cc2)CCO1. The lowest BCUT2D eigenvalue weighted by Crippen LogP contribution is -2.33. The molecule has 1 aliphatic heterocycles. The van der Waals surface area contributed by atoms with Crippen LogP contribution in [0.5, 0.6) is 5.75 Å². The Morgan fingerprint density at radius 3 is 2.62 bits per heavy atom. The molecule has 118 valence electrons. The van der Waals surface area contributed by atoms with Gasteiger partial charge in [0.05, 0.1) is 6.10 Å². The Kier molecular flexibility index (Phi) is 5.33. The summed E-state index contributed by atoms with van der Waals surface area (Å²) in [6.45, 7) is 1.57. The molecule has 1 aromatic carbocycles. The second kappa shape index (κ2) is 7.02. The first-order valence-corrected chi connectivity index (χ1v) is 7.14. The minimum atomic E-state index is -4.31. The van der Waals surface area contributed by atoms with Gasteiger partial charge in [-0.3, -0.25) is 0 Å². The number of rotatable bonds is 5. The maximum Gasteiger partial charge on any atom is 0.422 e. The number of hydrogen-bond donors (Lipinski definition) is 1. The number of hydrogen-bond acceptors (Lipinski definition) is 3. The van der Waals surface area contributed by atoms with Gasteiger partial charge in [-0.25, -0.2) is 0 Å². The van der Waals surface area contributed by atoms with E-state index in [-0.39, 0.29) is 11.9 Å². The molecule has 0 saturated carbocycles. The van der Waals surface area contributed by atoms with E-state index in [2.05, 4.69) is 17.0 Å². The third-order valence-electron chi connectivity index (χ3n) is 3.45. The van der Waals surface area contributed by atoms with Crippen LogP contribution in [0.4, 0.5) is 18.9 Å². The van der Waals surface area contributed by atoms with Crippen LogP contribution in [-0.2, 0) is 4.74 Å². The van der Waals surface area contributed by atoms with Crippen LogP contribution >= 0.6 is 0 Å². The lowest BCUT2D eigenvalue weighted by atomic mass is 10.0. The van der Waals surface area contributed by atoms with Crippen LogP contribution in [0, 0.1) is 0 Å². The van der Waals surface area contributed by atoms with Gasteiger partial charge < -0.3 is 14.8 Å². The van der Waals surface area contributed by atoms with Crippen LogP contribution in [-0.4, -0.2) is 31.5 Å². The van der Waals surface area contributed by atoms with Gasteiger partial charge in [-0.05, 0) is 43.5 Å². The van der Waals surface area contributed by atoms with E-state index in [0.717, 1.165) is 31.6 Å². The lowest BCUT2D eigenvalue weighted by molar-refractivity contribution is -0.153. The summed E-state index contributed by atoms with van der Waals surface area (Å²) in [6.07, 6.45) is -1.16. The second-order valence-corrected chi connectivity index (χ2v) is 5.19. The standard InChI is InChI=1S/C15H20F3NO2/c1-2-13-9-12(7-8-20-13)19-11-3-5-14(6-4-11)21-10-15(16,17)18/h3-6,12-13,19H,2,7-10H2,1H3. The van der Waals surface area contributed by atoms with Crippen molar-refractivity contribution in [3.63, 3.8) is 0 Å². The summed E-state index contributed by atoms with van der Waals surface area (Å²) in [5.74, 6) is 0.219. The van der Waals surface area contributed by atoms with E-state index in [0.29, 0.717) is 6.04 Å². The molecular weight excluding hydrogens is 283 g/mol. The Bertz CT molecular complexity index is 434. The summed E-state index contributed by atoms with van der Waals surface area (Å²) >= 11 is 0. The molecule has 0 aromatic heterocycles. The molecule has 0 amide bonds. The van der Waals surface area contributed by atoms with Crippen molar-refractivity contribution in [1.29, 1.82) is 0 Å².